The van der Waals surface area contributed by atoms with Crippen molar-refractivity contribution in [2.75, 3.05) is 13.7 Å². The van der Waals surface area contributed by atoms with Crippen LogP contribution in [0.5, 0.6) is 0 Å². The summed E-state index contributed by atoms with van der Waals surface area (Å²) in [5.74, 6) is -1.22. The van der Waals surface area contributed by atoms with E-state index in [2.05, 4.69) is 10.6 Å². The van der Waals surface area contributed by atoms with Gasteiger partial charge in [-0.05, 0) is 26.7 Å². The lowest BCUT2D eigenvalue weighted by atomic mass is 9.99. The molecular formula is C15H29N3O5. The van der Waals surface area contributed by atoms with Crippen LogP contribution in [0.15, 0.2) is 0 Å². The van der Waals surface area contributed by atoms with E-state index in [-0.39, 0.29) is 12.5 Å². The standard InChI is InChI=1S/C15H29N3O5/c1-7-9(2)11(13(20)22-6)18-12(19)10(8-16)17-14(21)23-15(3,4)5/h9-11H,7-8,16H2,1-6H3,(H,17,21)(H,18,19)/t9-,10-,11-/m0/s1. The van der Waals surface area contributed by atoms with Gasteiger partial charge in [0.05, 0.1) is 7.11 Å². The first-order valence-corrected chi connectivity index (χ1v) is 7.63. The zero-order chi connectivity index (χ0) is 18.2. The van der Waals surface area contributed by atoms with Crippen molar-refractivity contribution in [2.24, 2.45) is 11.7 Å². The number of amides is 2. The molecule has 0 aliphatic rings. The molecule has 0 saturated heterocycles. The number of hydrogen-bond donors (Lipinski definition) is 3. The predicted molar refractivity (Wildman–Crippen MR) is 85.6 cm³/mol. The Morgan fingerprint density at radius 2 is 1.74 bits per heavy atom. The molecule has 0 radical (unpaired) electrons. The summed E-state index contributed by atoms with van der Waals surface area (Å²) in [4.78, 5) is 35.8. The molecule has 0 aromatic heterocycles. The van der Waals surface area contributed by atoms with Crippen molar-refractivity contribution in [3.05, 3.63) is 0 Å². The second-order valence-electron chi connectivity index (χ2n) is 6.33. The van der Waals surface area contributed by atoms with E-state index in [9.17, 15) is 14.4 Å². The lowest BCUT2D eigenvalue weighted by Gasteiger charge is -2.26. The first kappa shape index (κ1) is 21.2. The van der Waals surface area contributed by atoms with Gasteiger partial charge in [0, 0.05) is 6.54 Å². The van der Waals surface area contributed by atoms with E-state index in [1.807, 2.05) is 13.8 Å². The smallest absolute Gasteiger partial charge is 0.408 e. The first-order valence-electron chi connectivity index (χ1n) is 7.63. The van der Waals surface area contributed by atoms with Crippen molar-refractivity contribution in [2.45, 2.75) is 58.7 Å². The van der Waals surface area contributed by atoms with Gasteiger partial charge in [0.1, 0.15) is 17.7 Å². The second kappa shape index (κ2) is 9.34. The number of carbonyl (C=O) groups is 3. The Hall–Kier alpha value is -1.83. The number of alkyl carbamates (subject to hydrolysis) is 1. The summed E-state index contributed by atoms with van der Waals surface area (Å²) in [6, 6.07) is -1.80. The van der Waals surface area contributed by atoms with Crippen LogP contribution in [0.4, 0.5) is 4.79 Å². The van der Waals surface area contributed by atoms with Crippen LogP contribution in [-0.2, 0) is 19.1 Å². The minimum Gasteiger partial charge on any atom is -0.467 e. The number of esters is 1. The lowest BCUT2D eigenvalue weighted by molar-refractivity contribution is -0.146. The van der Waals surface area contributed by atoms with Gasteiger partial charge < -0.3 is 25.8 Å². The highest BCUT2D eigenvalue weighted by atomic mass is 16.6. The van der Waals surface area contributed by atoms with E-state index in [4.69, 9.17) is 15.2 Å². The first-order chi connectivity index (χ1) is 10.6. The van der Waals surface area contributed by atoms with Crippen LogP contribution in [0, 0.1) is 5.92 Å². The Kier molecular flexibility index (Phi) is 8.60. The third-order valence-corrected chi connectivity index (χ3v) is 3.21. The summed E-state index contributed by atoms with van der Waals surface area (Å²) in [7, 11) is 1.25. The van der Waals surface area contributed by atoms with E-state index in [1.54, 1.807) is 20.8 Å². The number of methoxy groups -OCH3 is 1. The molecule has 4 N–H and O–H groups in total. The second-order valence-corrected chi connectivity index (χ2v) is 6.33. The quantitative estimate of drug-likeness (QED) is 0.586. The maximum absolute atomic E-state index is 12.3. The molecule has 0 unspecified atom stereocenters. The normalized spacial score (nSPS) is 15.1. The SMILES string of the molecule is CC[C@H](C)[C@H](NC(=O)[C@H](CN)NC(=O)OC(C)(C)C)C(=O)OC. The summed E-state index contributed by atoms with van der Waals surface area (Å²) >= 11 is 0. The molecule has 0 fully saturated rings. The fourth-order valence-electron chi connectivity index (χ4n) is 1.73. The highest BCUT2D eigenvalue weighted by molar-refractivity contribution is 5.90. The van der Waals surface area contributed by atoms with Crippen LogP contribution in [0.2, 0.25) is 0 Å². The molecule has 0 bridgehead atoms. The maximum Gasteiger partial charge on any atom is 0.408 e. The van der Waals surface area contributed by atoms with Crippen molar-refractivity contribution in [1.82, 2.24) is 10.6 Å². The molecular weight excluding hydrogens is 302 g/mol. The average Bonchev–Trinajstić information content (AvgIpc) is 2.46. The molecule has 0 aliphatic heterocycles. The summed E-state index contributed by atoms with van der Waals surface area (Å²) < 4.78 is 9.78. The van der Waals surface area contributed by atoms with Gasteiger partial charge in [-0.3, -0.25) is 4.79 Å². The topological polar surface area (TPSA) is 120 Å². The molecule has 3 atom stereocenters. The predicted octanol–water partition coefficient (Wildman–Crippen LogP) is 0.542. The molecule has 0 aromatic carbocycles. The van der Waals surface area contributed by atoms with Crippen LogP contribution in [0.1, 0.15) is 41.0 Å². The minimum absolute atomic E-state index is 0.119. The van der Waals surface area contributed by atoms with Gasteiger partial charge in [-0.25, -0.2) is 9.59 Å². The molecule has 0 aliphatic carbocycles. The molecule has 0 heterocycles. The van der Waals surface area contributed by atoms with E-state index in [0.717, 1.165) is 0 Å². The van der Waals surface area contributed by atoms with Crippen LogP contribution < -0.4 is 16.4 Å². The van der Waals surface area contributed by atoms with E-state index < -0.39 is 35.7 Å². The molecule has 8 heteroatoms. The number of rotatable bonds is 7. The summed E-state index contributed by atoms with van der Waals surface area (Å²) in [6.07, 6.45) is -0.0754. The van der Waals surface area contributed by atoms with E-state index >= 15 is 0 Å². The van der Waals surface area contributed by atoms with Gasteiger partial charge >= 0.3 is 12.1 Å². The summed E-state index contributed by atoms with van der Waals surface area (Å²) in [5, 5.41) is 4.97. The number of carbonyl (C=O) groups excluding carboxylic acids is 3. The molecule has 0 aromatic rings. The Morgan fingerprint density at radius 1 is 1.17 bits per heavy atom. The zero-order valence-electron chi connectivity index (χ0n) is 14.8. The number of ether oxygens (including phenoxy) is 2. The molecule has 8 nitrogen and oxygen atoms in total. The molecule has 134 valence electrons. The number of nitrogens with two attached hydrogens (primary N) is 1. The third kappa shape index (κ3) is 7.83. The Balaban J connectivity index is 4.86. The van der Waals surface area contributed by atoms with Gasteiger partial charge in [0.25, 0.3) is 0 Å². The fourth-order valence-corrected chi connectivity index (χ4v) is 1.73. The molecule has 0 saturated carbocycles. The zero-order valence-corrected chi connectivity index (χ0v) is 14.8. The van der Waals surface area contributed by atoms with Crippen molar-refractivity contribution < 1.29 is 23.9 Å². The van der Waals surface area contributed by atoms with Crippen LogP contribution in [-0.4, -0.2) is 49.3 Å². The van der Waals surface area contributed by atoms with Crippen molar-refractivity contribution in [1.29, 1.82) is 0 Å². The van der Waals surface area contributed by atoms with Gasteiger partial charge in [0.15, 0.2) is 0 Å². The fraction of sp³-hybridized carbons (Fsp3) is 0.800. The van der Waals surface area contributed by atoms with Crippen molar-refractivity contribution in [3.63, 3.8) is 0 Å². The Labute approximate surface area is 137 Å². The number of hydrogen-bond acceptors (Lipinski definition) is 6. The highest BCUT2D eigenvalue weighted by Gasteiger charge is 2.30. The maximum atomic E-state index is 12.3. The van der Waals surface area contributed by atoms with E-state index in [1.165, 1.54) is 7.11 Å². The van der Waals surface area contributed by atoms with Gasteiger partial charge in [0.2, 0.25) is 5.91 Å². The monoisotopic (exact) mass is 331 g/mol. The molecule has 0 rings (SSSR count). The average molecular weight is 331 g/mol. The Morgan fingerprint density at radius 3 is 2.13 bits per heavy atom. The van der Waals surface area contributed by atoms with Gasteiger partial charge in [-0.2, -0.15) is 0 Å². The summed E-state index contributed by atoms with van der Waals surface area (Å²) in [5.41, 5.74) is 4.84. The van der Waals surface area contributed by atoms with Crippen LogP contribution >= 0.6 is 0 Å². The van der Waals surface area contributed by atoms with Gasteiger partial charge in [-0.1, -0.05) is 20.3 Å². The molecule has 23 heavy (non-hydrogen) atoms. The Bertz CT molecular complexity index is 420. The number of nitrogens with one attached hydrogen (secondary N) is 2. The van der Waals surface area contributed by atoms with E-state index in [0.29, 0.717) is 6.42 Å². The van der Waals surface area contributed by atoms with Crippen molar-refractivity contribution >= 4 is 18.0 Å². The molecule has 0 spiro atoms. The third-order valence-electron chi connectivity index (χ3n) is 3.21. The molecule has 2 amide bonds. The largest absolute Gasteiger partial charge is 0.467 e. The highest BCUT2D eigenvalue weighted by Crippen LogP contribution is 2.10. The lowest BCUT2D eigenvalue weighted by Crippen LogP contribution is -2.56. The summed E-state index contributed by atoms with van der Waals surface area (Å²) in [6.45, 7) is 8.72. The van der Waals surface area contributed by atoms with Crippen molar-refractivity contribution in [3.8, 4) is 0 Å². The van der Waals surface area contributed by atoms with Crippen LogP contribution in [0.3, 0.4) is 0 Å². The van der Waals surface area contributed by atoms with Gasteiger partial charge in [-0.15, -0.1) is 0 Å². The minimum atomic E-state index is -0.999. The van der Waals surface area contributed by atoms with Crippen LogP contribution in [0.25, 0.3) is 0 Å².